The molecule has 738 valence electrons. The molecule has 0 aromatic carbocycles. The summed E-state index contributed by atoms with van der Waals surface area (Å²) < 4.78 is 182. The summed E-state index contributed by atoms with van der Waals surface area (Å²) in [5, 5.41) is 7.73. The van der Waals surface area contributed by atoms with Gasteiger partial charge in [0.15, 0.2) is 117 Å². The van der Waals surface area contributed by atoms with E-state index >= 15 is 17.6 Å². The van der Waals surface area contributed by atoms with Crippen molar-refractivity contribution in [2.24, 2.45) is 0 Å². The molecule has 12 aromatic rings. The second-order valence-electron chi connectivity index (χ2n) is 29.9. The van der Waals surface area contributed by atoms with Gasteiger partial charge in [-0.25, -0.2) is 77.0 Å². The first-order valence-electron chi connectivity index (χ1n) is 39.3. The molecule has 6 fully saturated rings. The van der Waals surface area contributed by atoms with Gasteiger partial charge in [0, 0.05) is 53.4 Å². The fraction of sp³-hybridized carbons (Fsp3) is 0.532. The number of ether oxygens (including phenoxy) is 6. The Labute approximate surface area is 787 Å². The average molecular weight is 2140 g/mol. The lowest BCUT2D eigenvalue weighted by Gasteiger charge is -2.26. The summed E-state index contributed by atoms with van der Waals surface area (Å²) in [6.07, 6.45) is -13.2. The highest BCUT2D eigenvalue weighted by Crippen LogP contribution is 2.59. The zero-order valence-corrected chi connectivity index (χ0v) is 79.9. The quantitative estimate of drug-likeness (QED) is 0.0158. The molecule has 25 atom stereocenters. The molecule has 58 nitrogen and oxygen atoms in total. The zero-order chi connectivity index (χ0) is 97.2. The standard InChI is InChI=1S/2C21H27FN10O9P2S2.C20H25F2N11O9P2S2/c2*1-36-42(34,44)37-5-10-3-12(20(40-10)32-8-28-14-17(32)29-21(24)30-18(14)33)41-43(35,45)38-4-9-2-11(22)19(39-9)31-7-27-13-15(23)25-6-26-16(13)31;1-37-43(35,45)39-4-9-10(22)13(19(41-9)32-6-27-12-16(32)28-20(24)29-17(12)34)42-44(36,46)38-3-7-2-8(21)18(40-7)33-15-11(30-31-33)14(23)25-5-26-15/h2*6-12,19-20H,2-5H2,1H3,(H,34,44)(H,35,45)(H2,23,25,26)(H3,24,29,30,33);5-10,13,18-19H,2-4H2,1H3,(H,35,45)(H,36,46)(H2,23,25,26)(H3,24,28,29,34)/t2*9-,10-,11-,12-,19+,20+,42?,43?;7-,8-,9+,10+,13+,18+,19+,43?,44?/m000/s1. The Balaban J connectivity index is 0.000000148. The number of nitrogen functional groups attached to an aromatic ring is 6. The highest BCUT2D eigenvalue weighted by Gasteiger charge is 2.53. The molecule has 18 rings (SSSR count). The predicted octanol–water partition coefficient (Wildman–Crippen LogP) is 1.77. The SMILES string of the molecule is COP(O)(=S)OC[C@@H]1C[C@H](OP(=O)(S)OC[C@@H]2C[C@H](F)[C@H](n3cnc4c(N)ncnc43)O2)[C@H](n2cnc3c(=O)[nH]c(N)nc32)O1.COP(O)(=S)OC[C@@H]1C[C@H](OP(O)(=S)OC[C@@H]2C[C@H](F)[C@H](n3cnc4c(N)ncnc43)O2)[C@H](n2cnc3c(=O)[nH]c(N)nc32)O1.COP(O)(=S)OC[C@H]1O[C@@H](n2cnc3c(=O)[nH]c(N)nc32)[C@H](OP(O)(=S)OC[C@@H]2C[C@H](F)[C@H](n3nnc4c(N)ncnc43)O2)[C@@H]1F. The number of H-pyrrole nitrogens is 3. The summed E-state index contributed by atoms with van der Waals surface area (Å²) in [6.45, 7) is -25.4. The number of halogens is 4. The number of anilines is 6. The summed E-state index contributed by atoms with van der Waals surface area (Å²) in [5.41, 5.74) is 34.0. The molecule has 0 saturated carbocycles. The molecule has 20 N–H and O–H groups in total. The van der Waals surface area contributed by atoms with Crippen LogP contribution in [-0.4, -0.2) is 288 Å². The average Bonchev–Trinajstić information content (AvgIpc) is 1.61. The summed E-state index contributed by atoms with van der Waals surface area (Å²) >= 11 is 29.1. The molecule has 6 saturated heterocycles. The van der Waals surface area contributed by atoms with Gasteiger partial charge in [-0.05, 0) is 59.0 Å². The van der Waals surface area contributed by atoms with Crippen LogP contribution >= 0.6 is 52.6 Å². The second-order valence-corrected chi connectivity index (χ2v) is 47.2. The summed E-state index contributed by atoms with van der Waals surface area (Å²) in [5.74, 6) is -0.275. The number of alkyl halides is 4. The van der Waals surface area contributed by atoms with E-state index in [0.717, 1.165) is 22.7 Å². The number of rotatable bonds is 33. The van der Waals surface area contributed by atoms with Crippen LogP contribution in [0.3, 0.4) is 0 Å². The van der Waals surface area contributed by atoms with E-state index in [4.69, 9.17) is 176 Å². The van der Waals surface area contributed by atoms with Crippen LogP contribution in [0.1, 0.15) is 69.5 Å². The fourth-order valence-electron chi connectivity index (χ4n) is 14.9. The Bertz CT molecular complexity index is 6680. The van der Waals surface area contributed by atoms with E-state index in [1.54, 1.807) is 0 Å². The van der Waals surface area contributed by atoms with E-state index in [1.807, 2.05) is 0 Å². The molecule has 6 unspecified atom stereocenters. The molecule has 0 radical (unpaired) electrons. The Morgan fingerprint density at radius 2 is 0.735 bits per heavy atom. The van der Waals surface area contributed by atoms with E-state index < -0.39 is 187 Å². The normalized spacial score (nSPS) is 28.5. The smallest absolute Gasteiger partial charge is 0.382 e. The molecule has 18 heterocycles. The van der Waals surface area contributed by atoms with Gasteiger partial charge in [-0.2, -0.15) is 19.6 Å². The molecule has 0 spiro atoms. The van der Waals surface area contributed by atoms with Gasteiger partial charge in [-0.15, -0.1) is 5.10 Å². The minimum Gasteiger partial charge on any atom is -0.382 e. The number of hydrogen-bond acceptors (Lipinski definition) is 49. The van der Waals surface area contributed by atoms with E-state index in [9.17, 15) is 43.4 Å². The number of nitrogens with one attached hydrogen (secondary N) is 3. The molecular weight excluding hydrogens is 2070 g/mol. The molecule has 6 aliphatic heterocycles. The number of aromatic nitrogens is 25. The summed E-state index contributed by atoms with van der Waals surface area (Å²) in [4.78, 5) is 153. The Morgan fingerprint density at radius 3 is 1.16 bits per heavy atom. The third kappa shape index (κ3) is 22.5. The molecule has 12 aromatic heterocycles. The Kier molecular flexibility index (Phi) is 30.4. The van der Waals surface area contributed by atoms with Crippen molar-refractivity contribution < 1.29 is 129 Å². The van der Waals surface area contributed by atoms with Crippen molar-refractivity contribution in [2.45, 2.75) is 149 Å². The van der Waals surface area contributed by atoms with Gasteiger partial charge in [0.1, 0.15) is 72.9 Å². The van der Waals surface area contributed by atoms with Gasteiger partial charge in [-0.1, -0.05) is 17.5 Å². The van der Waals surface area contributed by atoms with E-state index in [0.29, 0.717) is 16.7 Å². The van der Waals surface area contributed by atoms with E-state index in [1.165, 1.54) is 76.8 Å². The van der Waals surface area contributed by atoms with Crippen molar-refractivity contribution >= 4 is 214 Å². The van der Waals surface area contributed by atoms with Crippen LogP contribution in [0.15, 0.2) is 65.0 Å². The van der Waals surface area contributed by atoms with Crippen molar-refractivity contribution in [1.29, 1.82) is 0 Å². The maximum Gasteiger partial charge on any atom is 0.386 e. The van der Waals surface area contributed by atoms with Gasteiger partial charge < -0.3 is 128 Å². The Morgan fingerprint density at radius 1 is 0.404 bits per heavy atom. The molecular formula is C62H79F4N31O27P6S6. The lowest BCUT2D eigenvalue weighted by atomic mass is 10.1. The first kappa shape index (κ1) is 101. The first-order chi connectivity index (χ1) is 64.4. The van der Waals surface area contributed by atoms with Crippen LogP contribution in [0.4, 0.5) is 52.9 Å². The molecule has 74 heteroatoms. The minimum atomic E-state index is -4.32. The van der Waals surface area contributed by atoms with E-state index in [-0.39, 0.29) is 144 Å². The second kappa shape index (κ2) is 40.9. The first-order valence-corrected chi connectivity index (χ1v) is 55.0. The molecule has 136 heavy (non-hydrogen) atoms. The van der Waals surface area contributed by atoms with Gasteiger partial charge in [0.05, 0.1) is 102 Å². The largest absolute Gasteiger partial charge is 0.386 e. The highest BCUT2D eigenvalue weighted by molar-refractivity contribution is 8.44. The fourth-order valence-corrected chi connectivity index (χ4v) is 21.2. The molecule has 6 aliphatic rings. The van der Waals surface area contributed by atoms with Gasteiger partial charge in [0.25, 0.3) is 16.7 Å². The van der Waals surface area contributed by atoms with Crippen LogP contribution in [0, 0.1) is 0 Å². The van der Waals surface area contributed by atoms with Crippen molar-refractivity contribution in [3.63, 3.8) is 0 Å². The van der Waals surface area contributed by atoms with Gasteiger partial charge in [0.2, 0.25) is 17.8 Å². The van der Waals surface area contributed by atoms with E-state index in [2.05, 4.69) is 107 Å². The third-order valence-corrected chi connectivity index (χ3v) is 30.9. The molecule has 0 aliphatic carbocycles. The number of thiol groups is 1. The summed E-state index contributed by atoms with van der Waals surface area (Å²) in [6, 6.07) is 0. The summed E-state index contributed by atoms with van der Waals surface area (Å²) in [7, 11) is 3.52. The monoisotopic (exact) mass is 2140 g/mol. The van der Waals surface area contributed by atoms with Gasteiger partial charge >= 0.3 is 40.4 Å². The predicted molar refractivity (Wildman–Crippen MR) is 481 cm³/mol. The van der Waals surface area contributed by atoms with Crippen LogP contribution < -0.4 is 51.1 Å². The van der Waals surface area contributed by atoms with Crippen LogP contribution in [0.5, 0.6) is 0 Å². The number of imidazole rings is 5. The number of fused-ring (bicyclic) bond motifs is 6. The number of nitrogens with zero attached hydrogens (tertiary/aromatic N) is 22. The maximum atomic E-state index is 15.9. The third-order valence-electron chi connectivity index (χ3n) is 21.0. The number of aromatic amines is 3. The van der Waals surface area contributed by atoms with Crippen LogP contribution in [0.25, 0.3) is 67.0 Å². The van der Waals surface area contributed by atoms with Crippen molar-refractivity contribution in [2.75, 3.05) is 95.4 Å². The maximum absolute atomic E-state index is 15.9. The molecule has 0 amide bonds. The van der Waals surface area contributed by atoms with Crippen molar-refractivity contribution in [1.82, 2.24) is 123 Å². The highest BCUT2D eigenvalue weighted by atomic mass is 32.7. The van der Waals surface area contributed by atoms with Crippen molar-refractivity contribution in [3.8, 4) is 0 Å². The lowest BCUT2D eigenvalue weighted by Crippen LogP contribution is -2.32. The topological polar surface area (TPSA) is 775 Å². The van der Waals surface area contributed by atoms with Crippen molar-refractivity contribution in [3.05, 3.63) is 81.7 Å². The van der Waals surface area contributed by atoms with Crippen LogP contribution in [0.2, 0.25) is 0 Å². The number of nitrogens with two attached hydrogens (primary N) is 6. The number of hydrogen-bond donors (Lipinski definition) is 15. The zero-order valence-electron chi connectivity index (χ0n) is 69.6. The lowest BCUT2D eigenvalue weighted by molar-refractivity contribution is -0.0519. The minimum absolute atomic E-state index is 0.0234. The molecule has 0 bridgehead atoms. The van der Waals surface area contributed by atoms with Gasteiger partial charge in [-0.3, -0.25) is 65.7 Å². The van der Waals surface area contributed by atoms with Crippen LogP contribution in [-0.2, 0) is 146 Å². The Hall–Kier alpha value is -7.94.